The smallest absolute Gasteiger partial charge is 0.244 e. The Morgan fingerprint density at radius 1 is 1.09 bits per heavy atom. The Labute approximate surface area is 192 Å². The fourth-order valence-corrected chi connectivity index (χ4v) is 5.67. The molecule has 176 valence electrons. The molecule has 12 heteroatoms. The van der Waals surface area contributed by atoms with Crippen LogP contribution in [-0.4, -0.2) is 69.4 Å². The number of carbonyl (C=O) groups is 1. The lowest BCUT2D eigenvalue weighted by Crippen LogP contribution is -2.44. The highest BCUT2D eigenvalue weighted by molar-refractivity contribution is 7.92. The van der Waals surface area contributed by atoms with E-state index in [1.54, 1.807) is 0 Å². The van der Waals surface area contributed by atoms with Crippen molar-refractivity contribution in [1.82, 2.24) is 9.88 Å². The Kier molecular flexibility index (Phi) is 6.98. The van der Waals surface area contributed by atoms with Crippen LogP contribution in [0.1, 0.15) is 0 Å². The molecule has 0 radical (unpaired) electrons. The highest BCUT2D eigenvalue weighted by Gasteiger charge is 2.28. The Bertz CT molecular complexity index is 1260. The molecule has 0 bridgehead atoms. The van der Waals surface area contributed by atoms with Crippen molar-refractivity contribution in [2.75, 3.05) is 50.0 Å². The van der Waals surface area contributed by atoms with Crippen LogP contribution in [0.25, 0.3) is 10.2 Å². The second kappa shape index (κ2) is 9.75. The SMILES string of the molecule is O=C(CS(=O)(=O)c1ccc(F)cc1)N(CCN1CCOCC1)c1nc2c(F)cc(F)cc2s1. The van der Waals surface area contributed by atoms with Crippen LogP contribution >= 0.6 is 11.3 Å². The average molecular weight is 500 g/mol. The van der Waals surface area contributed by atoms with Crippen molar-refractivity contribution in [3.8, 4) is 0 Å². The van der Waals surface area contributed by atoms with E-state index in [-0.39, 0.29) is 26.8 Å². The van der Waals surface area contributed by atoms with Crippen LogP contribution in [-0.2, 0) is 19.4 Å². The molecule has 0 N–H and O–H groups in total. The van der Waals surface area contributed by atoms with Gasteiger partial charge in [-0.05, 0) is 30.3 Å². The second-order valence-corrected chi connectivity index (χ2v) is 10.4. The number of anilines is 1. The maximum absolute atomic E-state index is 14.2. The lowest BCUT2D eigenvalue weighted by Gasteiger charge is -2.29. The van der Waals surface area contributed by atoms with Gasteiger partial charge in [0.25, 0.3) is 0 Å². The number of amides is 1. The summed E-state index contributed by atoms with van der Waals surface area (Å²) in [5.74, 6) is -3.90. The summed E-state index contributed by atoms with van der Waals surface area (Å²) in [4.78, 5) is 20.3. The maximum Gasteiger partial charge on any atom is 0.244 e. The number of aromatic nitrogens is 1. The van der Waals surface area contributed by atoms with Gasteiger partial charge in [-0.3, -0.25) is 14.6 Å². The summed E-state index contributed by atoms with van der Waals surface area (Å²) in [7, 11) is -4.07. The summed E-state index contributed by atoms with van der Waals surface area (Å²) in [6.07, 6.45) is 0. The number of ether oxygens (including phenoxy) is 1. The lowest BCUT2D eigenvalue weighted by atomic mass is 10.3. The van der Waals surface area contributed by atoms with Gasteiger partial charge in [0.1, 0.15) is 22.9 Å². The Hall–Kier alpha value is -2.54. The summed E-state index contributed by atoms with van der Waals surface area (Å²) in [6, 6.07) is 5.98. The third kappa shape index (κ3) is 5.52. The van der Waals surface area contributed by atoms with Crippen LogP contribution in [0.5, 0.6) is 0 Å². The van der Waals surface area contributed by atoms with Gasteiger partial charge in [-0.1, -0.05) is 11.3 Å². The van der Waals surface area contributed by atoms with Crippen LogP contribution in [0.4, 0.5) is 18.3 Å². The fraction of sp³-hybridized carbons (Fsp3) is 0.333. The molecule has 1 saturated heterocycles. The molecule has 0 aliphatic carbocycles. The molecule has 3 aromatic rings. The average Bonchev–Trinajstić information content (AvgIpc) is 3.18. The molecule has 1 aromatic heterocycles. The predicted molar refractivity (Wildman–Crippen MR) is 118 cm³/mol. The van der Waals surface area contributed by atoms with E-state index in [1.807, 2.05) is 4.90 Å². The topological polar surface area (TPSA) is 79.8 Å². The number of hydrogen-bond acceptors (Lipinski definition) is 7. The third-order valence-corrected chi connectivity index (χ3v) is 7.81. The molecule has 33 heavy (non-hydrogen) atoms. The van der Waals surface area contributed by atoms with Crippen LogP contribution in [0.2, 0.25) is 0 Å². The first-order chi connectivity index (χ1) is 15.7. The van der Waals surface area contributed by atoms with Crippen LogP contribution in [0, 0.1) is 17.5 Å². The molecule has 1 amide bonds. The highest BCUT2D eigenvalue weighted by atomic mass is 32.2. The minimum atomic E-state index is -4.07. The minimum Gasteiger partial charge on any atom is -0.379 e. The van der Waals surface area contributed by atoms with Crippen molar-refractivity contribution in [2.24, 2.45) is 0 Å². The van der Waals surface area contributed by atoms with Gasteiger partial charge in [0, 0.05) is 32.2 Å². The number of nitrogens with zero attached hydrogens (tertiary/aromatic N) is 3. The summed E-state index contributed by atoms with van der Waals surface area (Å²) >= 11 is 0.899. The molecular weight excluding hydrogens is 479 g/mol. The summed E-state index contributed by atoms with van der Waals surface area (Å²) in [5.41, 5.74) is -0.0954. The van der Waals surface area contributed by atoms with E-state index in [2.05, 4.69) is 4.98 Å². The van der Waals surface area contributed by atoms with Crippen LogP contribution in [0.3, 0.4) is 0 Å². The molecule has 1 aliphatic heterocycles. The quantitative estimate of drug-likeness (QED) is 0.465. The molecule has 0 atom stereocenters. The van der Waals surface area contributed by atoms with Gasteiger partial charge in [0.15, 0.2) is 20.8 Å². The molecule has 1 aliphatic rings. The van der Waals surface area contributed by atoms with Gasteiger partial charge in [-0.2, -0.15) is 0 Å². The number of thiazole rings is 1. The third-order valence-electron chi connectivity index (χ3n) is 5.16. The number of halogens is 3. The van der Waals surface area contributed by atoms with Crippen molar-refractivity contribution in [3.05, 3.63) is 53.8 Å². The van der Waals surface area contributed by atoms with E-state index in [4.69, 9.17) is 4.74 Å². The molecule has 1 fully saturated rings. The number of hydrogen-bond donors (Lipinski definition) is 0. The maximum atomic E-state index is 14.2. The largest absolute Gasteiger partial charge is 0.379 e. The number of fused-ring (bicyclic) bond motifs is 1. The molecular formula is C21H20F3N3O4S2. The molecule has 0 spiro atoms. The number of morpholine rings is 1. The van der Waals surface area contributed by atoms with E-state index in [1.165, 1.54) is 4.90 Å². The minimum absolute atomic E-state index is 0.0714. The molecule has 4 rings (SSSR count). The molecule has 0 unspecified atom stereocenters. The monoisotopic (exact) mass is 499 g/mol. The van der Waals surface area contributed by atoms with Crippen molar-refractivity contribution < 1.29 is 31.1 Å². The zero-order valence-corrected chi connectivity index (χ0v) is 19.0. The first kappa shape index (κ1) is 23.6. The molecule has 0 saturated carbocycles. The summed E-state index contributed by atoms with van der Waals surface area (Å²) in [6.45, 7) is 2.89. The Morgan fingerprint density at radius 2 is 1.79 bits per heavy atom. The summed E-state index contributed by atoms with van der Waals surface area (Å²) < 4.78 is 72.0. The van der Waals surface area contributed by atoms with E-state index < -0.39 is 38.9 Å². The van der Waals surface area contributed by atoms with Gasteiger partial charge < -0.3 is 4.74 Å². The summed E-state index contributed by atoms with van der Waals surface area (Å²) in [5, 5.41) is 0.0714. The molecule has 2 aromatic carbocycles. The molecule has 7 nitrogen and oxygen atoms in total. The molecule has 2 heterocycles. The second-order valence-electron chi connectivity index (χ2n) is 7.44. The van der Waals surface area contributed by atoms with E-state index >= 15 is 0 Å². The van der Waals surface area contributed by atoms with Crippen molar-refractivity contribution in [2.45, 2.75) is 4.90 Å². The standard InChI is InChI=1S/C21H20F3N3O4S2/c22-14-1-3-16(4-2-14)33(29,30)13-19(28)27(6-5-26-7-9-31-10-8-26)21-25-20-17(24)11-15(23)12-18(20)32-21/h1-4,11-12H,5-10,13H2. The fourth-order valence-electron chi connectivity index (χ4n) is 3.42. The van der Waals surface area contributed by atoms with Crippen molar-refractivity contribution >= 4 is 42.4 Å². The Balaban J connectivity index is 1.62. The van der Waals surface area contributed by atoms with Gasteiger partial charge in [-0.15, -0.1) is 0 Å². The van der Waals surface area contributed by atoms with Gasteiger partial charge >= 0.3 is 0 Å². The van der Waals surface area contributed by atoms with E-state index in [0.717, 1.165) is 41.7 Å². The van der Waals surface area contributed by atoms with E-state index in [9.17, 15) is 26.4 Å². The number of sulfone groups is 1. The number of carbonyl (C=O) groups excluding carboxylic acids is 1. The van der Waals surface area contributed by atoms with E-state index in [0.29, 0.717) is 38.9 Å². The normalized spacial score (nSPS) is 15.1. The van der Waals surface area contributed by atoms with Gasteiger partial charge in [0.2, 0.25) is 5.91 Å². The highest BCUT2D eigenvalue weighted by Crippen LogP contribution is 2.31. The van der Waals surface area contributed by atoms with Crippen molar-refractivity contribution in [3.63, 3.8) is 0 Å². The van der Waals surface area contributed by atoms with Crippen LogP contribution < -0.4 is 4.90 Å². The first-order valence-corrected chi connectivity index (χ1v) is 12.5. The zero-order valence-electron chi connectivity index (χ0n) is 17.3. The number of rotatable bonds is 7. The predicted octanol–water partition coefficient (Wildman–Crippen LogP) is 2.85. The number of benzene rings is 2. The van der Waals surface area contributed by atoms with Gasteiger partial charge in [-0.25, -0.2) is 26.6 Å². The van der Waals surface area contributed by atoms with Crippen LogP contribution in [0.15, 0.2) is 41.3 Å². The van der Waals surface area contributed by atoms with Gasteiger partial charge in [0.05, 0.1) is 22.8 Å². The Morgan fingerprint density at radius 3 is 2.48 bits per heavy atom. The zero-order chi connectivity index (χ0) is 23.6. The van der Waals surface area contributed by atoms with Crippen molar-refractivity contribution in [1.29, 1.82) is 0 Å². The first-order valence-electron chi connectivity index (χ1n) is 10.1. The lowest BCUT2D eigenvalue weighted by molar-refractivity contribution is -0.116.